The van der Waals surface area contributed by atoms with E-state index in [0.29, 0.717) is 19.3 Å². The Balaban J connectivity index is 1.83. The van der Waals surface area contributed by atoms with Crippen molar-refractivity contribution in [3.63, 3.8) is 0 Å². The van der Waals surface area contributed by atoms with Crippen LogP contribution >= 0.6 is 0 Å². The molecule has 0 aromatic rings. The Kier molecular flexibility index (Phi) is 36.3. The number of carbonyl (C=O) groups is 2. The van der Waals surface area contributed by atoms with Crippen molar-refractivity contribution in [3.8, 4) is 0 Å². The second-order valence-corrected chi connectivity index (χ2v) is 18.3. The number of ether oxygens (including phenoxy) is 6. The molecule has 15 heteroatoms. The topological polar surface area (TPSA) is 231 Å². The van der Waals surface area contributed by atoms with Gasteiger partial charge in [-0.1, -0.05) is 146 Å². The molecule has 0 spiro atoms. The first kappa shape index (κ1) is 61.6. The third-order valence-corrected chi connectivity index (χ3v) is 12.3. The first-order chi connectivity index (χ1) is 33.0. The molecule has 2 aliphatic rings. The van der Waals surface area contributed by atoms with E-state index in [9.17, 15) is 45.3 Å². The van der Waals surface area contributed by atoms with Gasteiger partial charge in [-0.05, 0) is 70.6 Å². The van der Waals surface area contributed by atoms with Gasteiger partial charge in [-0.25, -0.2) is 0 Å². The van der Waals surface area contributed by atoms with Crippen molar-refractivity contribution >= 4 is 11.9 Å². The van der Waals surface area contributed by atoms with Gasteiger partial charge in [-0.2, -0.15) is 0 Å². The summed E-state index contributed by atoms with van der Waals surface area (Å²) >= 11 is 0. The van der Waals surface area contributed by atoms with Crippen LogP contribution < -0.4 is 0 Å². The molecule has 0 aromatic carbocycles. The van der Waals surface area contributed by atoms with E-state index in [1.807, 2.05) is 6.08 Å². The van der Waals surface area contributed by atoms with Gasteiger partial charge in [0.1, 0.15) is 55.4 Å². The molecule has 11 atom stereocenters. The van der Waals surface area contributed by atoms with Crippen molar-refractivity contribution in [2.24, 2.45) is 0 Å². The summed E-state index contributed by atoms with van der Waals surface area (Å²) in [6.45, 7) is 2.51. The van der Waals surface area contributed by atoms with E-state index in [-0.39, 0.29) is 19.4 Å². The lowest BCUT2D eigenvalue weighted by atomic mass is 9.98. The first-order valence-electron chi connectivity index (χ1n) is 26.2. The van der Waals surface area contributed by atoms with Gasteiger partial charge in [0.15, 0.2) is 18.7 Å². The number of allylic oxidation sites excluding steroid dienone is 8. The van der Waals surface area contributed by atoms with Crippen LogP contribution in [0.4, 0.5) is 0 Å². The van der Waals surface area contributed by atoms with Gasteiger partial charge in [-0.15, -0.1) is 0 Å². The molecular formula is C53H92O15. The zero-order valence-corrected chi connectivity index (χ0v) is 41.6. The maximum absolute atomic E-state index is 13.0. The Morgan fingerprint density at radius 1 is 0.471 bits per heavy atom. The summed E-state index contributed by atoms with van der Waals surface area (Å²) in [6.07, 6.45) is 27.2. The predicted octanol–water partition coefficient (Wildman–Crippen LogP) is 7.49. The minimum Gasteiger partial charge on any atom is -0.462 e. The molecule has 7 N–H and O–H groups in total. The van der Waals surface area contributed by atoms with E-state index in [1.54, 1.807) is 0 Å². The molecule has 0 amide bonds. The number of hydrogen-bond donors (Lipinski definition) is 7. The summed E-state index contributed by atoms with van der Waals surface area (Å²) < 4.78 is 33.5. The molecule has 68 heavy (non-hydrogen) atoms. The molecule has 0 aromatic heterocycles. The van der Waals surface area contributed by atoms with Gasteiger partial charge in [-0.3, -0.25) is 9.59 Å². The quantitative estimate of drug-likeness (QED) is 0.0179. The van der Waals surface area contributed by atoms with Crippen LogP contribution in [0.3, 0.4) is 0 Å². The Morgan fingerprint density at radius 2 is 0.897 bits per heavy atom. The average Bonchev–Trinajstić information content (AvgIpc) is 3.33. The number of unbranched alkanes of at least 4 members (excludes halogenated alkanes) is 18. The van der Waals surface area contributed by atoms with Gasteiger partial charge >= 0.3 is 11.9 Å². The lowest BCUT2D eigenvalue weighted by Crippen LogP contribution is -2.61. The van der Waals surface area contributed by atoms with E-state index in [0.717, 1.165) is 57.8 Å². The van der Waals surface area contributed by atoms with Gasteiger partial charge in [0.05, 0.1) is 19.8 Å². The van der Waals surface area contributed by atoms with Crippen LogP contribution in [0, 0.1) is 0 Å². The Morgan fingerprint density at radius 3 is 1.44 bits per heavy atom. The molecule has 2 saturated heterocycles. The second-order valence-electron chi connectivity index (χ2n) is 18.3. The van der Waals surface area contributed by atoms with Crippen LogP contribution in [0.1, 0.15) is 181 Å². The maximum Gasteiger partial charge on any atom is 0.306 e. The lowest BCUT2D eigenvalue weighted by molar-refractivity contribution is -0.332. The van der Waals surface area contributed by atoms with Crippen LogP contribution in [-0.4, -0.2) is 142 Å². The normalized spacial score (nSPS) is 26.1. The molecule has 4 unspecified atom stereocenters. The number of rotatable bonds is 40. The molecular weight excluding hydrogens is 877 g/mol. The number of aliphatic hydroxyl groups is 7. The van der Waals surface area contributed by atoms with Crippen molar-refractivity contribution in [3.05, 3.63) is 48.6 Å². The fourth-order valence-electron chi connectivity index (χ4n) is 7.93. The summed E-state index contributed by atoms with van der Waals surface area (Å²) in [6, 6.07) is 0. The molecule has 2 aliphatic heterocycles. The van der Waals surface area contributed by atoms with Crippen LogP contribution in [0.5, 0.6) is 0 Å². The molecule has 394 valence electrons. The number of esters is 2. The third-order valence-electron chi connectivity index (χ3n) is 12.3. The predicted molar refractivity (Wildman–Crippen MR) is 261 cm³/mol. The first-order valence-corrected chi connectivity index (χ1v) is 26.2. The maximum atomic E-state index is 13.0. The number of aliphatic hydroxyl groups excluding tert-OH is 7. The molecule has 2 fully saturated rings. The van der Waals surface area contributed by atoms with Gasteiger partial charge in [0.2, 0.25) is 0 Å². The monoisotopic (exact) mass is 969 g/mol. The molecule has 0 bridgehead atoms. The van der Waals surface area contributed by atoms with Crippen molar-refractivity contribution < 1.29 is 73.8 Å². The smallest absolute Gasteiger partial charge is 0.306 e. The largest absolute Gasteiger partial charge is 0.462 e. The average molecular weight is 969 g/mol. The van der Waals surface area contributed by atoms with Crippen molar-refractivity contribution in [2.45, 2.75) is 248 Å². The summed E-state index contributed by atoms with van der Waals surface area (Å²) in [5.74, 6) is -0.996. The van der Waals surface area contributed by atoms with E-state index in [4.69, 9.17) is 28.4 Å². The van der Waals surface area contributed by atoms with E-state index in [1.165, 1.54) is 77.0 Å². The highest BCUT2D eigenvalue weighted by atomic mass is 16.7. The molecule has 0 aliphatic carbocycles. The van der Waals surface area contributed by atoms with Gasteiger partial charge in [0, 0.05) is 12.8 Å². The fourth-order valence-corrected chi connectivity index (χ4v) is 7.93. The highest BCUT2D eigenvalue weighted by Gasteiger charge is 2.47. The molecule has 2 rings (SSSR count). The zero-order valence-electron chi connectivity index (χ0n) is 41.6. The Labute approximate surface area is 408 Å². The van der Waals surface area contributed by atoms with Gasteiger partial charge in [0.25, 0.3) is 0 Å². The Hall–Kier alpha value is -2.54. The highest BCUT2D eigenvalue weighted by molar-refractivity contribution is 5.70. The fraction of sp³-hybridized carbons (Fsp3) is 0.811. The number of hydrogen-bond acceptors (Lipinski definition) is 15. The van der Waals surface area contributed by atoms with E-state index >= 15 is 0 Å². The van der Waals surface area contributed by atoms with Crippen LogP contribution in [-0.2, 0) is 38.0 Å². The van der Waals surface area contributed by atoms with E-state index < -0.39 is 99.3 Å². The molecule has 0 radical (unpaired) electrons. The van der Waals surface area contributed by atoms with Crippen LogP contribution in [0.2, 0.25) is 0 Å². The van der Waals surface area contributed by atoms with Crippen molar-refractivity contribution in [1.82, 2.24) is 0 Å². The van der Waals surface area contributed by atoms with Crippen molar-refractivity contribution in [2.75, 3.05) is 26.4 Å². The Bertz CT molecular complexity index is 1370. The standard InChI is InChI=1S/C53H92O15/c1-3-5-7-9-11-13-15-17-19-20-22-23-25-27-29-31-33-35-44(55)63-38-41(66-45(56)36-34-32-30-28-26-24-21-18-16-14-12-10-8-6-4-2)39-64-52-51(62)49(60)47(58)43(68-52)40-65-53-50(61)48(59)46(57)42(37-54)67-53/h17-19,21-23,27,29,41-43,46-54,57-62H,3-16,20,24-26,28,30-40H2,1-2H3/b19-17+,21-18+,23-22+,29-27+/t41-,42+,43+,46-,47-,48?,49?,50?,51?,52+,53+/m0/s1. The zero-order chi connectivity index (χ0) is 49.6. The van der Waals surface area contributed by atoms with Gasteiger partial charge < -0.3 is 64.2 Å². The van der Waals surface area contributed by atoms with Crippen LogP contribution in [0.25, 0.3) is 0 Å². The highest BCUT2D eigenvalue weighted by Crippen LogP contribution is 2.26. The SMILES string of the molecule is CCCCCCCC/C=C/C/C=C/C/C=C/CCCC(=O)OC[C@@H](CO[C@@H]1O[C@H](CO[C@@H]2O[C@H](CO)[C@H](O)C(O)C2O)[C@H](O)C(O)C1O)OC(=O)CCCCCCC/C=C/CCCCCCCC. The molecule has 15 nitrogen and oxygen atoms in total. The molecule has 0 saturated carbocycles. The van der Waals surface area contributed by atoms with E-state index in [2.05, 4.69) is 56.4 Å². The second kappa shape index (κ2) is 40.1. The minimum atomic E-state index is -1.77. The summed E-state index contributed by atoms with van der Waals surface area (Å²) in [4.78, 5) is 25.7. The third kappa shape index (κ3) is 27.7. The van der Waals surface area contributed by atoms with Crippen molar-refractivity contribution in [1.29, 1.82) is 0 Å². The number of carbonyl (C=O) groups excluding carboxylic acids is 2. The summed E-state index contributed by atoms with van der Waals surface area (Å²) in [5, 5.41) is 72.1. The van der Waals surface area contributed by atoms with Crippen LogP contribution in [0.15, 0.2) is 48.6 Å². The lowest BCUT2D eigenvalue weighted by Gasteiger charge is -2.42. The summed E-state index contributed by atoms with van der Waals surface area (Å²) in [5.41, 5.74) is 0. The summed E-state index contributed by atoms with van der Waals surface area (Å²) in [7, 11) is 0. The molecule has 2 heterocycles. The minimum absolute atomic E-state index is 0.144.